The second kappa shape index (κ2) is 7.97. The zero-order valence-corrected chi connectivity index (χ0v) is 15.7. The van der Waals surface area contributed by atoms with Crippen LogP contribution in [-0.2, 0) is 9.53 Å². The molecule has 146 valence electrons. The third-order valence-corrected chi connectivity index (χ3v) is 4.23. The highest BCUT2D eigenvalue weighted by molar-refractivity contribution is 5.77. The summed E-state index contributed by atoms with van der Waals surface area (Å²) in [6.45, 7) is 1.88. The Morgan fingerprint density at radius 1 is 1.10 bits per heavy atom. The van der Waals surface area contributed by atoms with E-state index in [0.29, 0.717) is 34.8 Å². The Kier molecular flexibility index (Phi) is 5.07. The maximum absolute atomic E-state index is 12.5. The minimum absolute atomic E-state index is 0.162. The predicted molar refractivity (Wildman–Crippen MR) is 107 cm³/mol. The predicted octanol–water partition coefficient (Wildman–Crippen LogP) is 2.72. The number of rotatable bonds is 6. The number of aromatic amines is 1. The number of para-hydroxylation sites is 1. The van der Waals surface area contributed by atoms with Crippen LogP contribution in [0.4, 0.5) is 0 Å². The summed E-state index contributed by atoms with van der Waals surface area (Å²) in [7, 11) is 0. The van der Waals surface area contributed by atoms with Crippen molar-refractivity contribution in [3.8, 4) is 22.8 Å². The Labute approximate surface area is 165 Å². The van der Waals surface area contributed by atoms with Gasteiger partial charge in [0.05, 0.1) is 18.5 Å². The van der Waals surface area contributed by atoms with Gasteiger partial charge in [0.2, 0.25) is 0 Å². The van der Waals surface area contributed by atoms with Crippen LogP contribution >= 0.6 is 0 Å². The Hall–Kier alpha value is -3.94. The molecule has 0 radical (unpaired) electrons. The Morgan fingerprint density at radius 2 is 1.86 bits per heavy atom. The number of hydrogen-bond acceptors (Lipinski definition) is 6. The number of esters is 1. The number of nitrogens with zero attached hydrogens (tertiary/aromatic N) is 3. The van der Waals surface area contributed by atoms with Crippen LogP contribution in [0.25, 0.3) is 28.1 Å². The van der Waals surface area contributed by atoms with Gasteiger partial charge in [-0.3, -0.25) is 4.79 Å². The molecule has 0 aliphatic rings. The summed E-state index contributed by atoms with van der Waals surface area (Å²) in [5, 5.41) is 4.71. The number of hydrogen-bond donors (Lipinski definition) is 1. The first-order valence-electron chi connectivity index (χ1n) is 9.08. The van der Waals surface area contributed by atoms with Gasteiger partial charge < -0.3 is 14.5 Å². The number of fused-ring (bicyclic) bond motifs is 1. The molecule has 0 aliphatic heterocycles. The maximum Gasteiger partial charge on any atom is 0.344 e. The number of ether oxygens (including phenoxy) is 2. The van der Waals surface area contributed by atoms with E-state index in [1.165, 1.54) is 6.20 Å². The highest BCUT2D eigenvalue weighted by Crippen LogP contribution is 2.21. The van der Waals surface area contributed by atoms with Gasteiger partial charge in [-0.2, -0.15) is 5.10 Å². The molecule has 0 amide bonds. The molecule has 0 bridgehead atoms. The summed E-state index contributed by atoms with van der Waals surface area (Å²) in [5.74, 6) is 0.499. The maximum atomic E-state index is 12.5. The zero-order chi connectivity index (χ0) is 20.2. The van der Waals surface area contributed by atoms with Gasteiger partial charge in [-0.15, -0.1) is 0 Å². The van der Waals surface area contributed by atoms with E-state index in [1.807, 2.05) is 30.3 Å². The van der Waals surface area contributed by atoms with Crippen LogP contribution in [0.1, 0.15) is 6.92 Å². The number of carbonyl (C=O) groups is 1. The molecule has 2 heterocycles. The van der Waals surface area contributed by atoms with Gasteiger partial charge in [0, 0.05) is 5.56 Å². The highest BCUT2D eigenvalue weighted by Gasteiger charge is 2.12. The third-order valence-electron chi connectivity index (χ3n) is 4.23. The molecule has 2 aromatic heterocycles. The topological polar surface area (TPSA) is 99.1 Å². The summed E-state index contributed by atoms with van der Waals surface area (Å²) in [5.41, 5.74) is 1.72. The molecule has 0 fully saturated rings. The van der Waals surface area contributed by atoms with Crippen molar-refractivity contribution < 1.29 is 14.3 Å². The molecule has 2 aromatic carbocycles. The standard InChI is InChI=1S/C21H18N4O4/c1-2-28-18(26)13-29-16-10-8-14(9-11-16)19-23-20-17(21(27)24-19)12-22-25(20)15-6-4-3-5-7-15/h3-12H,2,13H2,1H3,(H,23,24,27). The lowest BCUT2D eigenvalue weighted by atomic mass is 10.2. The summed E-state index contributed by atoms with van der Waals surface area (Å²) in [4.78, 5) is 31.3. The monoisotopic (exact) mass is 390 g/mol. The van der Waals surface area contributed by atoms with E-state index in [2.05, 4.69) is 15.1 Å². The van der Waals surface area contributed by atoms with E-state index in [0.717, 1.165) is 5.69 Å². The number of nitrogens with one attached hydrogen (secondary N) is 1. The van der Waals surface area contributed by atoms with Crippen LogP contribution in [0, 0.1) is 0 Å². The molecule has 0 spiro atoms. The van der Waals surface area contributed by atoms with Crippen LogP contribution < -0.4 is 10.3 Å². The lowest BCUT2D eigenvalue weighted by Gasteiger charge is -2.07. The SMILES string of the molecule is CCOC(=O)COc1ccc(-c2nc3c(cnn3-c3ccccc3)c(=O)[nH]2)cc1. The van der Waals surface area contributed by atoms with Gasteiger partial charge in [0.15, 0.2) is 12.3 Å². The second-order valence-corrected chi connectivity index (χ2v) is 6.16. The summed E-state index contributed by atoms with van der Waals surface area (Å²) in [6.07, 6.45) is 1.50. The minimum Gasteiger partial charge on any atom is -0.482 e. The third kappa shape index (κ3) is 3.86. The van der Waals surface area contributed by atoms with Crippen molar-refractivity contribution >= 4 is 17.0 Å². The van der Waals surface area contributed by atoms with Crippen molar-refractivity contribution in [1.29, 1.82) is 0 Å². The molecule has 0 saturated heterocycles. The first kappa shape index (κ1) is 18.4. The van der Waals surface area contributed by atoms with E-state index in [9.17, 15) is 9.59 Å². The van der Waals surface area contributed by atoms with Crippen molar-refractivity contribution in [2.45, 2.75) is 6.92 Å². The highest BCUT2D eigenvalue weighted by atomic mass is 16.6. The van der Waals surface area contributed by atoms with Gasteiger partial charge in [-0.05, 0) is 43.3 Å². The number of H-pyrrole nitrogens is 1. The average molecular weight is 390 g/mol. The zero-order valence-electron chi connectivity index (χ0n) is 15.7. The Morgan fingerprint density at radius 3 is 2.59 bits per heavy atom. The molecule has 4 aromatic rings. The smallest absolute Gasteiger partial charge is 0.344 e. The molecule has 0 unspecified atom stereocenters. The fraction of sp³-hybridized carbons (Fsp3) is 0.143. The van der Waals surface area contributed by atoms with E-state index < -0.39 is 5.97 Å². The summed E-state index contributed by atoms with van der Waals surface area (Å²) in [6, 6.07) is 16.4. The molecule has 4 rings (SSSR count). The lowest BCUT2D eigenvalue weighted by molar-refractivity contribution is -0.145. The lowest BCUT2D eigenvalue weighted by Crippen LogP contribution is -2.14. The van der Waals surface area contributed by atoms with Crippen molar-refractivity contribution in [2.75, 3.05) is 13.2 Å². The van der Waals surface area contributed by atoms with Gasteiger partial charge in [0.25, 0.3) is 5.56 Å². The van der Waals surface area contributed by atoms with Gasteiger partial charge in [-0.25, -0.2) is 14.5 Å². The number of aromatic nitrogens is 4. The number of benzene rings is 2. The van der Waals surface area contributed by atoms with Crippen molar-refractivity contribution in [1.82, 2.24) is 19.7 Å². The van der Waals surface area contributed by atoms with E-state index >= 15 is 0 Å². The van der Waals surface area contributed by atoms with E-state index in [-0.39, 0.29) is 12.2 Å². The minimum atomic E-state index is -0.429. The quantitative estimate of drug-likeness (QED) is 0.508. The summed E-state index contributed by atoms with van der Waals surface area (Å²) >= 11 is 0. The van der Waals surface area contributed by atoms with Crippen molar-refractivity contribution in [2.24, 2.45) is 0 Å². The van der Waals surface area contributed by atoms with E-state index in [4.69, 9.17) is 9.47 Å². The Bertz CT molecular complexity index is 1200. The Balaban J connectivity index is 1.64. The largest absolute Gasteiger partial charge is 0.482 e. The molecular formula is C21H18N4O4. The number of carbonyl (C=O) groups excluding carboxylic acids is 1. The molecule has 8 heteroatoms. The second-order valence-electron chi connectivity index (χ2n) is 6.16. The first-order chi connectivity index (χ1) is 14.2. The molecule has 1 N–H and O–H groups in total. The van der Waals surface area contributed by atoms with Crippen molar-refractivity contribution in [3.05, 3.63) is 71.1 Å². The molecule has 0 atom stereocenters. The van der Waals surface area contributed by atoms with Crippen LogP contribution in [0.2, 0.25) is 0 Å². The van der Waals surface area contributed by atoms with Crippen LogP contribution in [0.15, 0.2) is 65.6 Å². The molecular weight excluding hydrogens is 372 g/mol. The summed E-state index contributed by atoms with van der Waals surface area (Å²) < 4.78 is 11.8. The first-order valence-corrected chi connectivity index (χ1v) is 9.08. The molecule has 29 heavy (non-hydrogen) atoms. The van der Waals surface area contributed by atoms with Crippen LogP contribution in [0.5, 0.6) is 5.75 Å². The van der Waals surface area contributed by atoms with Gasteiger partial charge in [-0.1, -0.05) is 18.2 Å². The van der Waals surface area contributed by atoms with Crippen LogP contribution in [0.3, 0.4) is 0 Å². The molecule has 0 aliphatic carbocycles. The fourth-order valence-corrected chi connectivity index (χ4v) is 2.87. The fourth-order valence-electron chi connectivity index (χ4n) is 2.87. The van der Waals surface area contributed by atoms with Crippen molar-refractivity contribution in [3.63, 3.8) is 0 Å². The molecule has 0 saturated carbocycles. The molecule has 8 nitrogen and oxygen atoms in total. The van der Waals surface area contributed by atoms with Gasteiger partial charge >= 0.3 is 5.97 Å². The van der Waals surface area contributed by atoms with E-state index in [1.54, 1.807) is 35.9 Å². The normalized spacial score (nSPS) is 10.8. The van der Waals surface area contributed by atoms with Gasteiger partial charge in [0.1, 0.15) is 17.0 Å². The average Bonchev–Trinajstić information content (AvgIpc) is 3.18. The van der Waals surface area contributed by atoms with Crippen LogP contribution in [-0.4, -0.2) is 38.9 Å².